The molecule has 4 nitrogen and oxygen atoms in total. The molecule has 0 aliphatic rings. The van der Waals surface area contributed by atoms with Gasteiger partial charge in [-0.3, -0.25) is 9.59 Å². The highest BCUT2D eigenvalue weighted by atomic mass is 19.1. The SMILES string of the molecule is CCNC(=O)[C@H](C)N(Cc1ccccc1C)C(=O)Cc1ccccc1F. The molecular formula is C21H25FN2O2. The Hall–Kier alpha value is -2.69. The number of nitrogens with one attached hydrogen (secondary N) is 1. The van der Waals surface area contributed by atoms with Crippen LogP contribution in [0.3, 0.4) is 0 Å². The van der Waals surface area contributed by atoms with Gasteiger partial charge in [-0.2, -0.15) is 0 Å². The summed E-state index contributed by atoms with van der Waals surface area (Å²) >= 11 is 0. The number of carbonyl (C=O) groups excluding carboxylic acids is 2. The maximum atomic E-state index is 13.9. The van der Waals surface area contributed by atoms with E-state index in [1.54, 1.807) is 25.1 Å². The fourth-order valence-electron chi connectivity index (χ4n) is 2.78. The summed E-state index contributed by atoms with van der Waals surface area (Å²) in [5.41, 5.74) is 2.33. The van der Waals surface area contributed by atoms with Gasteiger partial charge < -0.3 is 10.2 Å². The predicted molar refractivity (Wildman–Crippen MR) is 100.0 cm³/mol. The van der Waals surface area contributed by atoms with E-state index in [0.29, 0.717) is 18.7 Å². The van der Waals surface area contributed by atoms with Crippen molar-refractivity contribution in [2.75, 3.05) is 6.54 Å². The third-order valence-corrected chi connectivity index (χ3v) is 4.42. The lowest BCUT2D eigenvalue weighted by molar-refractivity contribution is -0.140. The Kier molecular flexibility index (Phi) is 6.89. The average Bonchev–Trinajstić information content (AvgIpc) is 2.62. The van der Waals surface area contributed by atoms with Crippen molar-refractivity contribution in [3.05, 3.63) is 71.0 Å². The minimum atomic E-state index is -0.645. The summed E-state index contributed by atoms with van der Waals surface area (Å²) in [7, 11) is 0. The highest BCUT2D eigenvalue weighted by molar-refractivity contribution is 5.88. The van der Waals surface area contributed by atoms with Crippen molar-refractivity contribution in [2.45, 2.75) is 39.8 Å². The van der Waals surface area contributed by atoms with Crippen LogP contribution in [-0.4, -0.2) is 29.3 Å². The number of rotatable bonds is 7. The monoisotopic (exact) mass is 356 g/mol. The topological polar surface area (TPSA) is 49.4 Å². The number of likely N-dealkylation sites (N-methyl/N-ethyl adjacent to an activating group) is 1. The van der Waals surface area contributed by atoms with Crippen LogP contribution in [0.15, 0.2) is 48.5 Å². The van der Waals surface area contributed by atoms with Gasteiger partial charge in [0, 0.05) is 13.1 Å². The normalized spacial score (nSPS) is 11.7. The second kappa shape index (κ2) is 9.13. The highest BCUT2D eigenvalue weighted by Crippen LogP contribution is 2.16. The summed E-state index contributed by atoms with van der Waals surface area (Å²) in [6, 6.07) is 13.3. The summed E-state index contributed by atoms with van der Waals surface area (Å²) in [6.07, 6.45) is -0.0811. The maximum Gasteiger partial charge on any atom is 0.242 e. The molecule has 5 heteroatoms. The third kappa shape index (κ3) is 4.91. The lowest BCUT2D eigenvalue weighted by atomic mass is 10.1. The lowest BCUT2D eigenvalue weighted by Gasteiger charge is -2.29. The fourth-order valence-corrected chi connectivity index (χ4v) is 2.78. The number of hydrogen-bond donors (Lipinski definition) is 1. The Morgan fingerprint density at radius 1 is 1.08 bits per heavy atom. The van der Waals surface area contributed by atoms with Crippen molar-refractivity contribution >= 4 is 11.8 Å². The van der Waals surface area contributed by atoms with E-state index in [1.807, 2.05) is 38.1 Å². The van der Waals surface area contributed by atoms with Gasteiger partial charge in [-0.05, 0) is 43.5 Å². The van der Waals surface area contributed by atoms with Gasteiger partial charge in [0.05, 0.1) is 6.42 Å². The zero-order valence-electron chi connectivity index (χ0n) is 15.5. The number of halogens is 1. The van der Waals surface area contributed by atoms with E-state index in [4.69, 9.17) is 0 Å². The molecule has 0 spiro atoms. The zero-order valence-corrected chi connectivity index (χ0v) is 15.5. The minimum Gasteiger partial charge on any atom is -0.355 e. The molecule has 0 saturated heterocycles. The molecule has 2 rings (SSSR count). The summed E-state index contributed by atoms with van der Waals surface area (Å²) in [6.45, 7) is 6.28. The van der Waals surface area contributed by atoms with Crippen molar-refractivity contribution in [3.8, 4) is 0 Å². The van der Waals surface area contributed by atoms with Gasteiger partial charge in [0.25, 0.3) is 0 Å². The van der Waals surface area contributed by atoms with Crippen LogP contribution in [0.1, 0.15) is 30.5 Å². The van der Waals surface area contributed by atoms with Crippen LogP contribution >= 0.6 is 0 Å². The van der Waals surface area contributed by atoms with Gasteiger partial charge in [-0.15, -0.1) is 0 Å². The van der Waals surface area contributed by atoms with Gasteiger partial charge in [0.15, 0.2) is 0 Å². The first-order valence-electron chi connectivity index (χ1n) is 8.79. The third-order valence-electron chi connectivity index (χ3n) is 4.42. The molecule has 0 aliphatic carbocycles. The average molecular weight is 356 g/mol. The Bertz CT molecular complexity index is 776. The standard InChI is InChI=1S/C21H25FN2O2/c1-4-23-21(26)16(3)24(14-18-11-6-5-9-15(18)2)20(25)13-17-10-7-8-12-19(17)22/h5-12,16H,4,13-14H2,1-3H3,(H,23,26)/t16-/m0/s1. The molecule has 0 saturated carbocycles. The van der Waals surface area contributed by atoms with Crippen LogP contribution < -0.4 is 5.32 Å². The molecule has 138 valence electrons. The molecule has 0 aliphatic heterocycles. The zero-order chi connectivity index (χ0) is 19.1. The first-order valence-corrected chi connectivity index (χ1v) is 8.79. The van der Waals surface area contributed by atoms with Gasteiger partial charge in [-0.25, -0.2) is 4.39 Å². The molecular weight excluding hydrogens is 331 g/mol. The van der Waals surface area contributed by atoms with E-state index in [9.17, 15) is 14.0 Å². The summed E-state index contributed by atoms with van der Waals surface area (Å²) in [5, 5.41) is 2.75. The Labute approximate surface area is 154 Å². The molecule has 0 radical (unpaired) electrons. The number of hydrogen-bond acceptors (Lipinski definition) is 2. The van der Waals surface area contributed by atoms with Crippen molar-refractivity contribution < 1.29 is 14.0 Å². The van der Waals surface area contributed by atoms with Crippen LogP contribution in [0.4, 0.5) is 4.39 Å². The van der Waals surface area contributed by atoms with Crippen LogP contribution in [0, 0.1) is 12.7 Å². The molecule has 1 N–H and O–H groups in total. The quantitative estimate of drug-likeness (QED) is 0.828. The highest BCUT2D eigenvalue weighted by Gasteiger charge is 2.26. The van der Waals surface area contributed by atoms with Gasteiger partial charge >= 0.3 is 0 Å². The summed E-state index contributed by atoms with van der Waals surface area (Å²) in [5.74, 6) is -0.914. The second-order valence-electron chi connectivity index (χ2n) is 6.29. The predicted octanol–water partition coefficient (Wildman–Crippen LogP) is 3.23. The molecule has 2 amide bonds. The Morgan fingerprint density at radius 2 is 1.69 bits per heavy atom. The van der Waals surface area contributed by atoms with Gasteiger partial charge in [0.2, 0.25) is 11.8 Å². The number of benzene rings is 2. The molecule has 1 atom stereocenters. The van der Waals surface area contributed by atoms with E-state index >= 15 is 0 Å². The number of amides is 2. The Morgan fingerprint density at radius 3 is 2.31 bits per heavy atom. The first-order chi connectivity index (χ1) is 12.4. The van der Waals surface area contributed by atoms with E-state index in [1.165, 1.54) is 11.0 Å². The molecule has 0 fully saturated rings. The van der Waals surface area contributed by atoms with E-state index in [2.05, 4.69) is 5.32 Å². The lowest BCUT2D eigenvalue weighted by Crippen LogP contribution is -2.48. The summed E-state index contributed by atoms with van der Waals surface area (Å²) in [4.78, 5) is 26.7. The second-order valence-corrected chi connectivity index (χ2v) is 6.29. The molecule has 0 heterocycles. The smallest absolute Gasteiger partial charge is 0.242 e. The number of nitrogens with zero attached hydrogens (tertiary/aromatic N) is 1. The first kappa shape index (κ1) is 19.6. The van der Waals surface area contributed by atoms with Crippen LogP contribution in [0.25, 0.3) is 0 Å². The van der Waals surface area contributed by atoms with E-state index in [0.717, 1.165) is 11.1 Å². The maximum absolute atomic E-state index is 13.9. The Balaban J connectivity index is 2.27. The van der Waals surface area contributed by atoms with Crippen molar-refractivity contribution in [3.63, 3.8) is 0 Å². The minimum absolute atomic E-state index is 0.0811. The fraction of sp³-hybridized carbons (Fsp3) is 0.333. The van der Waals surface area contributed by atoms with Gasteiger partial charge in [-0.1, -0.05) is 42.5 Å². The van der Waals surface area contributed by atoms with Crippen molar-refractivity contribution in [2.24, 2.45) is 0 Å². The number of carbonyl (C=O) groups is 2. The van der Waals surface area contributed by atoms with Crippen LogP contribution in [-0.2, 0) is 22.6 Å². The van der Waals surface area contributed by atoms with Gasteiger partial charge in [0.1, 0.15) is 11.9 Å². The molecule has 0 aromatic heterocycles. The number of aryl methyl sites for hydroxylation is 1. The van der Waals surface area contributed by atoms with E-state index in [-0.39, 0.29) is 18.2 Å². The molecule has 26 heavy (non-hydrogen) atoms. The molecule has 0 unspecified atom stereocenters. The molecule has 2 aromatic carbocycles. The molecule has 2 aromatic rings. The van der Waals surface area contributed by atoms with Crippen LogP contribution in [0.5, 0.6) is 0 Å². The van der Waals surface area contributed by atoms with Crippen molar-refractivity contribution in [1.82, 2.24) is 10.2 Å². The van der Waals surface area contributed by atoms with E-state index < -0.39 is 11.9 Å². The molecule has 0 bridgehead atoms. The van der Waals surface area contributed by atoms with Crippen LogP contribution in [0.2, 0.25) is 0 Å². The summed E-state index contributed by atoms with van der Waals surface area (Å²) < 4.78 is 13.9. The van der Waals surface area contributed by atoms with Crippen molar-refractivity contribution in [1.29, 1.82) is 0 Å². The largest absolute Gasteiger partial charge is 0.355 e.